The lowest BCUT2D eigenvalue weighted by Crippen LogP contribution is -2.43. The van der Waals surface area contributed by atoms with Gasteiger partial charge >= 0.3 is 0 Å². The Bertz CT molecular complexity index is 1040. The molecule has 1 fully saturated rings. The highest BCUT2D eigenvalue weighted by Gasteiger charge is 2.31. The largest absolute Gasteiger partial charge is 0.338 e. The molecule has 0 radical (unpaired) electrons. The summed E-state index contributed by atoms with van der Waals surface area (Å²) in [5.41, 5.74) is 2.64. The molecule has 4 rings (SSSR count). The molecule has 31 heavy (non-hydrogen) atoms. The molecule has 2 amide bonds. The zero-order chi connectivity index (χ0) is 22.1. The van der Waals surface area contributed by atoms with Gasteiger partial charge in [-0.25, -0.2) is 9.50 Å². The number of hydrogen-bond acceptors (Lipinski definition) is 5. The van der Waals surface area contributed by atoms with Gasteiger partial charge < -0.3 is 14.7 Å². The Balaban J connectivity index is 1.66. The monoisotopic (exact) mass is 428 g/mol. The lowest BCUT2D eigenvalue weighted by atomic mass is 9.99. The third-order valence-electron chi connectivity index (χ3n) is 6.23. The van der Waals surface area contributed by atoms with Crippen LogP contribution in [0.25, 0.3) is 5.65 Å². The molecule has 1 atom stereocenters. The van der Waals surface area contributed by atoms with E-state index in [-0.39, 0.29) is 23.4 Å². The predicted octanol–water partition coefficient (Wildman–Crippen LogP) is 1.32. The van der Waals surface area contributed by atoms with Crippen molar-refractivity contribution in [3.05, 3.63) is 33.4 Å². The summed E-state index contributed by atoms with van der Waals surface area (Å²) in [7, 11) is 3.78. The van der Waals surface area contributed by atoms with Gasteiger partial charge in [-0.1, -0.05) is 6.92 Å². The molecule has 0 bridgehead atoms. The van der Waals surface area contributed by atoms with Gasteiger partial charge in [0, 0.05) is 32.0 Å². The Morgan fingerprint density at radius 3 is 2.77 bits per heavy atom. The third kappa shape index (κ3) is 4.23. The molecule has 9 heteroatoms. The number of aromatic nitrogens is 3. The molecule has 0 saturated carbocycles. The Kier molecular flexibility index (Phi) is 6.13. The van der Waals surface area contributed by atoms with Crippen LogP contribution in [0.1, 0.15) is 62.0 Å². The van der Waals surface area contributed by atoms with Crippen molar-refractivity contribution in [3.63, 3.8) is 0 Å². The number of fused-ring (bicyclic) bond motifs is 2. The summed E-state index contributed by atoms with van der Waals surface area (Å²) in [5.74, 6) is 0.181. The third-order valence-corrected chi connectivity index (χ3v) is 6.23. The molecule has 1 saturated heterocycles. The maximum absolute atomic E-state index is 13.2. The van der Waals surface area contributed by atoms with Crippen molar-refractivity contribution in [2.24, 2.45) is 0 Å². The molecule has 2 aliphatic heterocycles. The van der Waals surface area contributed by atoms with Crippen LogP contribution in [-0.2, 0) is 22.6 Å². The van der Waals surface area contributed by atoms with Gasteiger partial charge in [0.25, 0.3) is 5.56 Å². The molecular weight excluding hydrogens is 396 g/mol. The van der Waals surface area contributed by atoms with E-state index < -0.39 is 0 Å². The van der Waals surface area contributed by atoms with E-state index in [1.54, 1.807) is 4.90 Å². The number of nitrogens with one attached hydrogen (secondary N) is 1. The molecule has 0 aromatic carbocycles. The van der Waals surface area contributed by atoms with Crippen molar-refractivity contribution in [1.29, 1.82) is 0 Å². The minimum absolute atomic E-state index is 0.0815. The number of carbonyl (C=O) groups is 2. The summed E-state index contributed by atoms with van der Waals surface area (Å²) in [5, 5.41) is 3.22. The first kappa shape index (κ1) is 21.5. The number of likely N-dealkylation sites (N-methyl/N-ethyl adjacent to an activating group) is 1. The van der Waals surface area contributed by atoms with Crippen molar-refractivity contribution in [2.75, 3.05) is 33.7 Å². The molecule has 4 heterocycles. The fraction of sp³-hybridized carbons (Fsp3) is 0.636. The normalized spacial score (nSPS) is 19.2. The summed E-state index contributed by atoms with van der Waals surface area (Å²) in [6.45, 7) is 3.98. The van der Waals surface area contributed by atoms with Crippen LogP contribution in [0.2, 0.25) is 0 Å². The number of amides is 2. The maximum atomic E-state index is 13.2. The van der Waals surface area contributed by atoms with Gasteiger partial charge in [-0.3, -0.25) is 19.5 Å². The van der Waals surface area contributed by atoms with Crippen LogP contribution in [-0.4, -0.2) is 74.8 Å². The first-order valence-corrected chi connectivity index (χ1v) is 11.2. The lowest BCUT2D eigenvalue weighted by Gasteiger charge is -2.35. The van der Waals surface area contributed by atoms with E-state index in [1.807, 2.05) is 36.9 Å². The van der Waals surface area contributed by atoms with E-state index >= 15 is 0 Å². The van der Waals surface area contributed by atoms with Gasteiger partial charge in [0.2, 0.25) is 11.8 Å². The minimum Gasteiger partial charge on any atom is -0.338 e. The quantitative estimate of drug-likeness (QED) is 0.775. The van der Waals surface area contributed by atoms with Crippen molar-refractivity contribution in [3.8, 4) is 0 Å². The molecule has 2 aromatic rings. The van der Waals surface area contributed by atoms with Crippen LogP contribution in [0.15, 0.2) is 10.9 Å². The van der Waals surface area contributed by atoms with Crippen molar-refractivity contribution < 1.29 is 9.59 Å². The van der Waals surface area contributed by atoms with E-state index in [1.165, 1.54) is 4.52 Å². The molecule has 0 aliphatic carbocycles. The first-order chi connectivity index (χ1) is 14.9. The Morgan fingerprint density at radius 1 is 1.23 bits per heavy atom. The fourth-order valence-corrected chi connectivity index (χ4v) is 4.67. The smallest absolute Gasteiger partial charge is 0.277 e. The molecule has 0 unspecified atom stereocenters. The maximum Gasteiger partial charge on any atom is 0.277 e. The molecule has 168 valence electrons. The minimum atomic E-state index is -0.151. The lowest BCUT2D eigenvalue weighted by molar-refractivity contribution is -0.136. The Hall–Kier alpha value is -2.68. The number of carbonyl (C=O) groups excluding carboxylic acids is 2. The van der Waals surface area contributed by atoms with Gasteiger partial charge in [0.1, 0.15) is 0 Å². The van der Waals surface area contributed by atoms with Crippen LogP contribution in [0, 0.1) is 0 Å². The van der Waals surface area contributed by atoms with Crippen molar-refractivity contribution in [2.45, 2.75) is 58.0 Å². The summed E-state index contributed by atoms with van der Waals surface area (Å²) in [6, 6.07) is 1.82. The summed E-state index contributed by atoms with van der Waals surface area (Å²) < 4.78 is 1.48. The topological polar surface area (TPSA) is 94.0 Å². The Morgan fingerprint density at radius 2 is 2.03 bits per heavy atom. The van der Waals surface area contributed by atoms with Gasteiger partial charge in [-0.15, -0.1) is 0 Å². The number of likely N-dealkylation sites (tertiary alicyclic amines) is 1. The Labute approximate surface area is 182 Å². The first-order valence-electron chi connectivity index (χ1n) is 11.2. The van der Waals surface area contributed by atoms with Gasteiger partial charge in [-0.05, 0) is 39.8 Å². The van der Waals surface area contributed by atoms with Crippen molar-refractivity contribution in [1.82, 2.24) is 29.3 Å². The number of rotatable bonds is 5. The highest BCUT2D eigenvalue weighted by Crippen LogP contribution is 2.30. The van der Waals surface area contributed by atoms with Gasteiger partial charge in [0.05, 0.1) is 36.1 Å². The van der Waals surface area contributed by atoms with E-state index in [4.69, 9.17) is 4.98 Å². The zero-order valence-corrected chi connectivity index (χ0v) is 18.7. The number of H-pyrrole nitrogens is 1. The van der Waals surface area contributed by atoms with Crippen LogP contribution >= 0.6 is 0 Å². The molecular formula is C22H32N6O3. The second-order valence-corrected chi connectivity index (χ2v) is 8.90. The van der Waals surface area contributed by atoms with Crippen LogP contribution in [0.3, 0.4) is 0 Å². The summed E-state index contributed by atoms with van der Waals surface area (Å²) in [6.07, 6.45) is 4.77. The molecule has 2 aromatic heterocycles. The standard InChI is InChI=1S/C22H32N6O3/c1-4-7-20(29)26-11-9-16-15(13-26)22(31)28-19(23-16)12-17(24-28)18-8-5-6-10-27(18)21(30)14-25(2)3/h12,18,24H,4-11,13-14H2,1-3H3/t18-/m1/s1. The average Bonchev–Trinajstić information content (AvgIpc) is 3.17. The van der Waals surface area contributed by atoms with Crippen LogP contribution < -0.4 is 5.56 Å². The zero-order valence-electron chi connectivity index (χ0n) is 18.7. The summed E-state index contributed by atoms with van der Waals surface area (Å²) >= 11 is 0. The highest BCUT2D eigenvalue weighted by molar-refractivity contribution is 5.79. The fourth-order valence-electron chi connectivity index (χ4n) is 4.67. The summed E-state index contributed by atoms with van der Waals surface area (Å²) in [4.78, 5) is 48.6. The number of piperidine rings is 1. The highest BCUT2D eigenvalue weighted by atomic mass is 16.2. The number of hydrogen-bond donors (Lipinski definition) is 1. The second-order valence-electron chi connectivity index (χ2n) is 8.90. The van der Waals surface area contributed by atoms with Gasteiger partial charge in [0.15, 0.2) is 5.65 Å². The predicted molar refractivity (Wildman–Crippen MR) is 117 cm³/mol. The van der Waals surface area contributed by atoms with Crippen LogP contribution in [0.5, 0.6) is 0 Å². The van der Waals surface area contributed by atoms with Crippen LogP contribution in [0.4, 0.5) is 0 Å². The molecule has 2 aliphatic rings. The molecule has 0 spiro atoms. The van der Waals surface area contributed by atoms with E-state index in [0.29, 0.717) is 43.7 Å². The second kappa shape index (κ2) is 8.82. The SMILES string of the molecule is CCCC(=O)N1CCc2nc3cc([C@H]4CCCCN4C(=O)CN(C)C)[nH]n3c(=O)c2C1. The van der Waals surface area contributed by atoms with E-state index in [2.05, 4.69) is 5.10 Å². The van der Waals surface area contributed by atoms with E-state index in [9.17, 15) is 14.4 Å². The van der Waals surface area contributed by atoms with Gasteiger partial charge in [-0.2, -0.15) is 0 Å². The number of aromatic amines is 1. The molecule has 9 nitrogen and oxygen atoms in total. The average molecular weight is 429 g/mol. The number of nitrogens with zero attached hydrogens (tertiary/aromatic N) is 5. The van der Waals surface area contributed by atoms with E-state index in [0.717, 1.165) is 43.6 Å². The van der Waals surface area contributed by atoms with Crippen molar-refractivity contribution >= 4 is 17.5 Å². The molecule has 1 N–H and O–H groups in total.